The first-order chi connectivity index (χ1) is 17.4. The number of hydrogen-bond donors (Lipinski definition) is 2. The van der Waals surface area contributed by atoms with Gasteiger partial charge in [-0.25, -0.2) is 0 Å². The number of aromatic nitrogens is 1. The maximum Gasteiger partial charge on any atom is 0.254 e. The number of hydrogen-bond acceptors (Lipinski definition) is 5. The molecule has 0 saturated carbocycles. The van der Waals surface area contributed by atoms with E-state index in [1.165, 1.54) is 0 Å². The number of fused-ring (bicyclic) bond motifs is 5. The Labute approximate surface area is 210 Å². The third-order valence-electron chi connectivity index (χ3n) is 7.46. The van der Waals surface area contributed by atoms with E-state index in [0.717, 1.165) is 34.1 Å². The fourth-order valence-corrected chi connectivity index (χ4v) is 5.65. The minimum atomic E-state index is -1.15. The van der Waals surface area contributed by atoms with E-state index in [0.29, 0.717) is 37.6 Å². The van der Waals surface area contributed by atoms with Gasteiger partial charge < -0.3 is 29.4 Å². The Morgan fingerprint density at radius 3 is 2.72 bits per heavy atom. The van der Waals surface area contributed by atoms with Crippen molar-refractivity contribution in [1.29, 1.82) is 0 Å². The molecule has 1 aromatic heterocycles. The molecule has 2 atom stereocenters. The number of aliphatic hydroxyl groups is 1. The third kappa shape index (κ3) is 3.71. The number of piperazine rings is 1. The molecule has 2 aliphatic rings. The number of carbonyl (C=O) groups is 2. The Kier molecular flexibility index (Phi) is 6.38. The number of aromatic amines is 1. The van der Waals surface area contributed by atoms with E-state index in [1.54, 1.807) is 16.9 Å². The monoisotopic (exact) mass is 491 g/mol. The Bertz CT molecular complexity index is 1300. The lowest BCUT2D eigenvalue weighted by atomic mass is 9.76. The van der Waals surface area contributed by atoms with Gasteiger partial charge in [-0.2, -0.15) is 0 Å². The number of H-pyrrole nitrogens is 1. The first-order valence-electron chi connectivity index (χ1n) is 12.6. The van der Waals surface area contributed by atoms with Crippen LogP contribution in [0.15, 0.2) is 42.5 Å². The summed E-state index contributed by atoms with van der Waals surface area (Å²) in [5.74, 6) is 0.958. The molecule has 2 N–H and O–H groups in total. The number of ether oxygens (including phenoxy) is 2. The molecule has 0 spiro atoms. The number of para-hydroxylation sites is 1. The van der Waals surface area contributed by atoms with Crippen LogP contribution in [0.1, 0.15) is 49.4 Å². The number of nitrogens with one attached hydrogen (secondary N) is 1. The molecule has 3 aromatic rings. The van der Waals surface area contributed by atoms with Gasteiger partial charge in [-0.3, -0.25) is 9.59 Å². The fraction of sp³-hybridized carbons (Fsp3) is 0.429. The van der Waals surface area contributed by atoms with Crippen molar-refractivity contribution in [3.63, 3.8) is 0 Å². The second-order valence-electron chi connectivity index (χ2n) is 9.65. The molecule has 2 aromatic carbocycles. The summed E-state index contributed by atoms with van der Waals surface area (Å²) in [6.45, 7) is 5.20. The van der Waals surface area contributed by atoms with Crippen molar-refractivity contribution in [2.45, 2.75) is 38.1 Å². The van der Waals surface area contributed by atoms with Gasteiger partial charge in [-0.05, 0) is 49.1 Å². The van der Waals surface area contributed by atoms with Crippen LogP contribution in [-0.4, -0.2) is 71.7 Å². The molecule has 2 unspecified atom stereocenters. The summed E-state index contributed by atoms with van der Waals surface area (Å²) < 4.78 is 11.5. The molecule has 190 valence electrons. The molecule has 0 radical (unpaired) electrons. The van der Waals surface area contributed by atoms with E-state index in [-0.39, 0.29) is 30.9 Å². The van der Waals surface area contributed by atoms with Crippen molar-refractivity contribution in [3.8, 4) is 11.5 Å². The highest BCUT2D eigenvalue weighted by Crippen LogP contribution is 2.48. The smallest absolute Gasteiger partial charge is 0.254 e. The molecule has 0 aliphatic carbocycles. The molecular formula is C28H33N3O5. The normalized spacial score (nSPS) is 21.5. The number of aliphatic hydroxyl groups excluding tert-OH is 1. The highest BCUT2D eigenvalue weighted by molar-refractivity contribution is 6.01. The number of carbonyl (C=O) groups excluding carboxylic acids is 2. The topological polar surface area (TPSA) is 95.1 Å². The quantitative estimate of drug-likeness (QED) is 0.504. The van der Waals surface area contributed by atoms with Gasteiger partial charge in [0.05, 0.1) is 26.0 Å². The van der Waals surface area contributed by atoms with Gasteiger partial charge in [0.2, 0.25) is 5.91 Å². The van der Waals surface area contributed by atoms with Gasteiger partial charge in [-0.1, -0.05) is 31.2 Å². The molecule has 2 aliphatic heterocycles. The zero-order valence-electron chi connectivity index (χ0n) is 21.0. The van der Waals surface area contributed by atoms with Crippen molar-refractivity contribution in [2.24, 2.45) is 0 Å². The Hall–Kier alpha value is -3.52. The van der Waals surface area contributed by atoms with Crippen LogP contribution in [0, 0.1) is 0 Å². The largest absolute Gasteiger partial charge is 0.493 e. The van der Waals surface area contributed by atoms with Gasteiger partial charge in [-0.15, -0.1) is 0 Å². The number of methoxy groups -OCH3 is 1. The molecule has 3 heterocycles. The number of amides is 2. The van der Waals surface area contributed by atoms with Crippen LogP contribution in [-0.2, 0) is 15.1 Å². The minimum absolute atomic E-state index is 0.0177. The predicted molar refractivity (Wildman–Crippen MR) is 136 cm³/mol. The molecule has 1 fully saturated rings. The standard InChI is InChI=1S/C28H33N3O5/c1-4-14-36-22-11-10-18(15-23(22)35-3)20-16-31-24(33)17-30(12-7-13-32)27(34)28(31,2)26-25(20)19-8-5-6-9-21(19)29-26/h5-6,8-11,15,20,29,32H,4,7,12-14,16-17H2,1-3H3. The summed E-state index contributed by atoms with van der Waals surface area (Å²) >= 11 is 0. The van der Waals surface area contributed by atoms with Gasteiger partial charge in [0, 0.05) is 36.5 Å². The lowest BCUT2D eigenvalue weighted by Gasteiger charge is -2.51. The number of nitrogens with zero attached hydrogens (tertiary/aromatic N) is 2. The van der Waals surface area contributed by atoms with E-state index in [2.05, 4.69) is 18.0 Å². The van der Waals surface area contributed by atoms with Gasteiger partial charge in [0.15, 0.2) is 17.0 Å². The fourth-order valence-electron chi connectivity index (χ4n) is 5.65. The maximum atomic E-state index is 13.9. The van der Waals surface area contributed by atoms with Crippen LogP contribution >= 0.6 is 0 Å². The van der Waals surface area contributed by atoms with Crippen LogP contribution in [0.4, 0.5) is 0 Å². The van der Waals surface area contributed by atoms with Crippen molar-refractivity contribution in [2.75, 3.05) is 40.0 Å². The highest BCUT2D eigenvalue weighted by Gasteiger charge is 2.56. The number of rotatable bonds is 8. The predicted octanol–water partition coefficient (Wildman–Crippen LogP) is 3.38. The van der Waals surface area contributed by atoms with Crippen LogP contribution < -0.4 is 9.47 Å². The molecule has 1 saturated heterocycles. The van der Waals surface area contributed by atoms with Crippen molar-refractivity contribution >= 4 is 22.7 Å². The van der Waals surface area contributed by atoms with Crippen LogP contribution in [0.25, 0.3) is 10.9 Å². The summed E-state index contributed by atoms with van der Waals surface area (Å²) in [5.41, 5.74) is 2.55. The molecule has 8 heteroatoms. The lowest BCUT2D eigenvalue weighted by Crippen LogP contribution is -2.67. The summed E-state index contributed by atoms with van der Waals surface area (Å²) in [6, 6.07) is 13.9. The summed E-state index contributed by atoms with van der Waals surface area (Å²) in [5, 5.41) is 10.3. The van der Waals surface area contributed by atoms with E-state index in [9.17, 15) is 14.7 Å². The zero-order valence-corrected chi connectivity index (χ0v) is 21.0. The highest BCUT2D eigenvalue weighted by atomic mass is 16.5. The van der Waals surface area contributed by atoms with E-state index >= 15 is 0 Å². The van der Waals surface area contributed by atoms with Gasteiger partial charge in [0.1, 0.15) is 0 Å². The van der Waals surface area contributed by atoms with E-state index < -0.39 is 5.54 Å². The number of benzene rings is 2. The average Bonchev–Trinajstić information content (AvgIpc) is 3.29. The van der Waals surface area contributed by atoms with Crippen LogP contribution in [0.2, 0.25) is 0 Å². The summed E-state index contributed by atoms with van der Waals surface area (Å²) in [6.07, 6.45) is 1.33. The third-order valence-corrected chi connectivity index (χ3v) is 7.46. The van der Waals surface area contributed by atoms with Crippen molar-refractivity contribution < 1.29 is 24.2 Å². The lowest BCUT2D eigenvalue weighted by molar-refractivity contribution is -0.166. The molecular weight excluding hydrogens is 458 g/mol. The van der Waals surface area contributed by atoms with Crippen molar-refractivity contribution in [3.05, 3.63) is 59.3 Å². The molecule has 5 rings (SSSR count). The van der Waals surface area contributed by atoms with Crippen LogP contribution in [0.5, 0.6) is 11.5 Å². The zero-order chi connectivity index (χ0) is 25.4. The molecule has 8 nitrogen and oxygen atoms in total. The van der Waals surface area contributed by atoms with Crippen molar-refractivity contribution in [1.82, 2.24) is 14.8 Å². The SMILES string of the molecule is CCCOc1ccc(C2CN3C(=O)CN(CCCO)C(=O)C3(C)c3[nH]c4ccccc4c32)cc1OC. The first kappa shape index (κ1) is 24.2. The van der Waals surface area contributed by atoms with E-state index in [4.69, 9.17) is 9.47 Å². The molecule has 2 amide bonds. The van der Waals surface area contributed by atoms with Gasteiger partial charge in [0.25, 0.3) is 5.91 Å². The van der Waals surface area contributed by atoms with Crippen LogP contribution in [0.3, 0.4) is 0 Å². The molecule has 0 bridgehead atoms. The van der Waals surface area contributed by atoms with Gasteiger partial charge >= 0.3 is 0 Å². The first-order valence-corrected chi connectivity index (χ1v) is 12.6. The second kappa shape index (κ2) is 9.50. The maximum absolute atomic E-state index is 13.9. The summed E-state index contributed by atoms with van der Waals surface area (Å²) in [4.78, 5) is 34.1. The Balaban J connectivity index is 1.66. The second-order valence-corrected chi connectivity index (χ2v) is 9.65. The molecule has 36 heavy (non-hydrogen) atoms. The van der Waals surface area contributed by atoms with E-state index in [1.807, 2.05) is 43.3 Å². The Morgan fingerprint density at radius 2 is 1.97 bits per heavy atom. The average molecular weight is 492 g/mol. The minimum Gasteiger partial charge on any atom is -0.493 e. The Morgan fingerprint density at radius 1 is 1.17 bits per heavy atom. The summed E-state index contributed by atoms with van der Waals surface area (Å²) in [7, 11) is 1.63.